The van der Waals surface area contributed by atoms with Crippen LogP contribution in [0.1, 0.15) is 28.2 Å². The van der Waals surface area contributed by atoms with E-state index in [4.69, 9.17) is 4.74 Å². The molecule has 1 aliphatic rings. The highest BCUT2D eigenvalue weighted by atomic mass is 32.1. The van der Waals surface area contributed by atoms with Gasteiger partial charge >= 0.3 is 0 Å². The lowest BCUT2D eigenvalue weighted by molar-refractivity contribution is 0.0807. The molecule has 1 fully saturated rings. The lowest BCUT2D eigenvalue weighted by Gasteiger charge is -2.16. The molecule has 106 valence electrons. The first-order valence-corrected chi connectivity index (χ1v) is 7.77. The van der Waals surface area contributed by atoms with Gasteiger partial charge in [-0.1, -0.05) is 30.2 Å². The fourth-order valence-corrected chi connectivity index (χ4v) is 2.98. The van der Waals surface area contributed by atoms with Gasteiger partial charge < -0.3 is 4.74 Å². The number of benzene rings is 1. The quantitative estimate of drug-likeness (QED) is 0.630. The molecule has 3 nitrogen and oxygen atoms in total. The number of hydrogen-bond acceptors (Lipinski definition) is 4. The Morgan fingerprint density at radius 1 is 1.24 bits per heavy atom. The number of thiazole rings is 1. The fraction of sp³-hybridized carbons (Fsp3) is 0.294. The van der Waals surface area contributed by atoms with Crippen molar-refractivity contribution in [1.82, 2.24) is 4.98 Å². The number of rotatable bonds is 2. The van der Waals surface area contributed by atoms with Gasteiger partial charge in [0.2, 0.25) is 0 Å². The molecule has 2 heterocycles. The van der Waals surface area contributed by atoms with Crippen molar-refractivity contribution >= 4 is 17.6 Å². The maximum absolute atomic E-state index is 10.7. The van der Waals surface area contributed by atoms with E-state index in [1.165, 1.54) is 0 Å². The van der Waals surface area contributed by atoms with Crippen LogP contribution in [0.15, 0.2) is 30.5 Å². The van der Waals surface area contributed by atoms with Crippen molar-refractivity contribution in [2.75, 3.05) is 13.2 Å². The zero-order chi connectivity index (χ0) is 14.5. The number of hydrogen-bond donors (Lipinski definition) is 0. The monoisotopic (exact) mass is 297 g/mol. The first kappa shape index (κ1) is 14.0. The summed E-state index contributed by atoms with van der Waals surface area (Å²) in [4.78, 5) is 16.1. The Bertz CT molecular complexity index is 673. The van der Waals surface area contributed by atoms with E-state index in [0.29, 0.717) is 11.5 Å². The van der Waals surface area contributed by atoms with E-state index in [-0.39, 0.29) is 0 Å². The third-order valence-electron chi connectivity index (χ3n) is 3.44. The largest absolute Gasteiger partial charge is 0.381 e. The lowest BCUT2D eigenvalue weighted by atomic mass is 10.0. The van der Waals surface area contributed by atoms with Gasteiger partial charge in [-0.05, 0) is 24.3 Å². The summed E-state index contributed by atoms with van der Waals surface area (Å²) in [5.74, 6) is 6.89. The molecule has 0 spiro atoms. The lowest BCUT2D eigenvalue weighted by Crippen LogP contribution is -2.13. The number of carbonyl (C=O) groups is 1. The average molecular weight is 297 g/mol. The molecule has 2 aromatic rings. The van der Waals surface area contributed by atoms with Crippen LogP contribution in [0.5, 0.6) is 0 Å². The number of nitrogens with zero attached hydrogens (tertiary/aromatic N) is 1. The van der Waals surface area contributed by atoms with Gasteiger partial charge in [-0.3, -0.25) is 4.79 Å². The molecular weight excluding hydrogens is 282 g/mol. The first-order valence-electron chi connectivity index (χ1n) is 6.96. The smallest absolute Gasteiger partial charge is 0.167 e. The summed E-state index contributed by atoms with van der Waals surface area (Å²) in [6, 6.07) is 7.50. The second kappa shape index (κ2) is 6.66. The predicted molar refractivity (Wildman–Crippen MR) is 83.4 cm³/mol. The van der Waals surface area contributed by atoms with Crippen molar-refractivity contribution in [3.05, 3.63) is 41.0 Å². The van der Waals surface area contributed by atoms with E-state index in [0.717, 1.165) is 47.8 Å². The van der Waals surface area contributed by atoms with E-state index in [9.17, 15) is 4.79 Å². The maximum atomic E-state index is 10.7. The Morgan fingerprint density at radius 2 is 2.00 bits per heavy atom. The third-order valence-corrected chi connectivity index (χ3v) is 4.40. The molecule has 1 aromatic carbocycles. The van der Waals surface area contributed by atoms with Crippen LogP contribution < -0.4 is 0 Å². The fourth-order valence-electron chi connectivity index (χ4n) is 2.20. The Hall–Kier alpha value is -1.96. The van der Waals surface area contributed by atoms with Crippen LogP contribution >= 0.6 is 11.3 Å². The summed E-state index contributed by atoms with van der Waals surface area (Å²) in [7, 11) is 0. The van der Waals surface area contributed by atoms with E-state index in [2.05, 4.69) is 16.8 Å². The predicted octanol–water partition coefficient (Wildman–Crippen LogP) is 3.40. The van der Waals surface area contributed by atoms with Gasteiger partial charge in [-0.2, -0.15) is 0 Å². The molecule has 0 radical (unpaired) electrons. The third kappa shape index (κ3) is 3.57. The van der Waals surface area contributed by atoms with Crippen molar-refractivity contribution in [1.29, 1.82) is 0 Å². The molecule has 4 heteroatoms. The molecule has 0 amide bonds. The van der Waals surface area contributed by atoms with Crippen molar-refractivity contribution in [2.24, 2.45) is 5.92 Å². The molecule has 1 saturated heterocycles. The Kier molecular flexibility index (Phi) is 4.44. The summed E-state index contributed by atoms with van der Waals surface area (Å²) in [6.07, 6.45) is 4.71. The van der Waals surface area contributed by atoms with Gasteiger partial charge in [-0.25, -0.2) is 4.98 Å². The first-order chi connectivity index (χ1) is 10.3. The SMILES string of the molecule is O=Cc1ccc(-c2cnc(C#CC3CCOCC3)s2)cc1. The maximum Gasteiger partial charge on any atom is 0.167 e. The second-order valence-corrected chi connectivity index (χ2v) is 5.96. The highest BCUT2D eigenvalue weighted by Crippen LogP contribution is 2.26. The summed E-state index contributed by atoms with van der Waals surface area (Å²) >= 11 is 1.58. The second-order valence-electron chi connectivity index (χ2n) is 4.93. The number of aromatic nitrogens is 1. The molecule has 0 unspecified atom stereocenters. The van der Waals surface area contributed by atoms with Crippen LogP contribution in [0.3, 0.4) is 0 Å². The normalized spacial score (nSPS) is 15.2. The van der Waals surface area contributed by atoms with Crippen molar-refractivity contribution in [2.45, 2.75) is 12.8 Å². The van der Waals surface area contributed by atoms with E-state index >= 15 is 0 Å². The van der Waals surface area contributed by atoms with E-state index in [1.54, 1.807) is 11.3 Å². The van der Waals surface area contributed by atoms with Crippen LogP contribution in [0, 0.1) is 17.8 Å². The summed E-state index contributed by atoms with van der Waals surface area (Å²) < 4.78 is 5.33. The van der Waals surface area contributed by atoms with Gasteiger partial charge in [-0.15, -0.1) is 11.3 Å². The van der Waals surface area contributed by atoms with Gasteiger partial charge in [0.25, 0.3) is 0 Å². The summed E-state index contributed by atoms with van der Waals surface area (Å²) in [5.41, 5.74) is 1.75. The van der Waals surface area contributed by atoms with Crippen LogP contribution in [0.2, 0.25) is 0 Å². The minimum absolute atomic E-state index is 0.429. The minimum atomic E-state index is 0.429. The summed E-state index contributed by atoms with van der Waals surface area (Å²) in [6.45, 7) is 1.62. The summed E-state index contributed by atoms with van der Waals surface area (Å²) in [5, 5.41) is 0.843. The molecule has 0 aliphatic carbocycles. The highest BCUT2D eigenvalue weighted by Gasteiger charge is 2.10. The van der Waals surface area contributed by atoms with Crippen molar-refractivity contribution < 1.29 is 9.53 Å². The molecule has 3 rings (SSSR count). The molecule has 1 aromatic heterocycles. The molecule has 0 saturated carbocycles. The zero-order valence-corrected chi connectivity index (χ0v) is 12.4. The number of ether oxygens (including phenoxy) is 1. The Labute approximate surface area is 128 Å². The average Bonchev–Trinajstić information content (AvgIpc) is 3.03. The van der Waals surface area contributed by atoms with Crippen LogP contribution in [0.25, 0.3) is 10.4 Å². The molecule has 0 atom stereocenters. The molecule has 0 N–H and O–H groups in total. The number of aldehydes is 1. The van der Waals surface area contributed by atoms with E-state index in [1.807, 2.05) is 30.5 Å². The molecular formula is C17H15NO2S. The van der Waals surface area contributed by atoms with Crippen molar-refractivity contribution in [3.8, 4) is 22.3 Å². The van der Waals surface area contributed by atoms with Gasteiger partial charge in [0, 0.05) is 30.9 Å². The van der Waals surface area contributed by atoms with Crippen LogP contribution in [-0.2, 0) is 4.74 Å². The topological polar surface area (TPSA) is 39.2 Å². The molecule has 21 heavy (non-hydrogen) atoms. The van der Waals surface area contributed by atoms with Gasteiger partial charge in [0.15, 0.2) is 5.01 Å². The standard InChI is InChI=1S/C17H15NO2S/c19-12-14-1-4-15(5-2-14)16-11-18-17(21-16)6-3-13-7-9-20-10-8-13/h1-2,4-5,11-13H,7-10H2. The Balaban J connectivity index is 1.73. The minimum Gasteiger partial charge on any atom is -0.381 e. The van der Waals surface area contributed by atoms with Gasteiger partial charge in [0.1, 0.15) is 6.29 Å². The number of carbonyl (C=O) groups excluding carboxylic acids is 1. The van der Waals surface area contributed by atoms with Gasteiger partial charge in [0.05, 0.1) is 4.88 Å². The molecule has 1 aliphatic heterocycles. The van der Waals surface area contributed by atoms with E-state index < -0.39 is 0 Å². The highest BCUT2D eigenvalue weighted by molar-refractivity contribution is 7.15. The Morgan fingerprint density at radius 3 is 2.71 bits per heavy atom. The van der Waals surface area contributed by atoms with Crippen LogP contribution in [-0.4, -0.2) is 24.5 Å². The van der Waals surface area contributed by atoms with Crippen LogP contribution in [0.4, 0.5) is 0 Å². The zero-order valence-electron chi connectivity index (χ0n) is 11.5. The molecule has 0 bridgehead atoms. The van der Waals surface area contributed by atoms with Crippen molar-refractivity contribution in [3.63, 3.8) is 0 Å².